The fourth-order valence-corrected chi connectivity index (χ4v) is 2.67. The van der Waals surface area contributed by atoms with Gasteiger partial charge in [0.05, 0.1) is 19.8 Å². The minimum Gasteiger partial charge on any atom is -0.483 e. The number of hydrogen-bond acceptors (Lipinski definition) is 4. The maximum Gasteiger partial charge on any atom is 0.276 e. The molecule has 7 nitrogen and oxygen atoms in total. The van der Waals surface area contributed by atoms with Crippen molar-refractivity contribution in [3.05, 3.63) is 29.8 Å². The highest BCUT2D eigenvalue weighted by molar-refractivity contribution is 7.80. The molecule has 0 atom stereocenters. The van der Waals surface area contributed by atoms with Crippen molar-refractivity contribution in [2.45, 2.75) is 13.3 Å². The van der Waals surface area contributed by atoms with Gasteiger partial charge < -0.3 is 19.7 Å². The van der Waals surface area contributed by atoms with Gasteiger partial charge in [0, 0.05) is 13.0 Å². The number of morpholine rings is 1. The number of aryl methyl sites for hydroxylation is 1. The Kier molecular flexibility index (Phi) is 8.44. The smallest absolute Gasteiger partial charge is 0.276 e. The Morgan fingerprint density at radius 1 is 1.28 bits per heavy atom. The van der Waals surface area contributed by atoms with Gasteiger partial charge in [-0.3, -0.25) is 15.6 Å². The summed E-state index contributed by atoms with van der Waals surface area (Å²) in [5.74, 6) is 0.411. The molecule has 1 fully saturated rings. The third-order valence-corrected chi connectivity index (χ3v) is 4.21. The molecule has 0 radical (unpaired) electrons. The highest BCUT2D eigenvalue weighted by Gasteiger charge is 2.12. The van der Waals surface area contributed by atoms with E-state index in [1.165, 1.54) is 0 Å². The average Bonchev–Trinajstić information content (AvgIpc) is 2.64. The maximum absolute atomic E-state index is 11.8. The highest BCUT2D eigenvalue weighted by atomic mass is 32.1. The lowest BCUT2D eigenvalue weighted by molar-refractivity contribution is -0.908. The fourth-order valence-electron chi connectivity index (χ4n) is 2.52. The summed E-state index contributed by atoms with van der Waals surface area (Å²) in [5, 5.41) is 3.48. The lowest BCUT2D eigenvalue weighted by atomic mass is 10.2. The second kappa shape index (κ2) is 10.9. The largest absolute Gasteiger partial charge is 0.483 e. The minimum atomic E-state index is -0.287. The van der Waals surface area contributed by atoms with Gasteiger partial charge in [0.15, 0.2) is 11.7 Å². The number of benzene rings is 1. The predicted molar refractivity (Wildman–Crippen MR) is 99.6 cm³/mol. The lowest BCUT2D eigenvalue weighted by Crippen LogP contribution is -3.14. The van der Waals surface area contributed by atoms with E-state index in [2.05, 4.69) is 16.2 Å². The van der Waals surface area contributed by atoms with Crippen LogP contribution in [0.15, 0.2) is 24.3 Å². The van der Waals surface area contributed by atoms with Crippen LogP contribution in [0.5, 0.6) is 5.75 Å². The number of hydrazine groups is 1. The van der Waals surface area contributed by atoms with E-state index in [0.717, 1.165) is 51.4 Å². The minimum absolute atomic E-state index is 0.0686. The molecule has 0 saturated carbocycles. The summed E-state index contributed by atoms with van der Waals surface area (Å²) < 4.78 is 10.8. The molecule has 4 N–H and O–H groups in total. The monoisotopic (exact) mass is 367 g/mol. The van der Waals surface area contributed by atoms with Crippen molar-refractivity contribution >= 4 is 23.2 Å². The first kappa shape index (κ1) is 19.4. The second-order valence-electron chi connectivity index (χ2n) is 5.95. The molecular formula is C17H27N4O3S+. The first-order chi connectivity index (χ1) is 12.1. The van der Waals surface area contributed by atoms with Gasteiger partial charge in [-0.15, -0.1) is 0 Å². The van der Waals surface area contributed by atoms with Gasteiger partial charge in [-0.2, -0.15) is 0 Å². The van der Waals surface area contributed by atoms with Crippen LogP contribution in [0, 0.1) is 6.92 Å². The van der Waals surface area contributed by atoms with Crippen LogP contribution in [-0.2, 0) is 9.53 Å². The van der Waals surface area contributed by atoms with Crippen LogP contribution in [0.1, 0.15) is 12.0 Å². The van der Waals surface area contributed by atoms with Crippen molar-refractivity contribution in [2.24, 2.45) is 0 Å². The number of quaternary nitrogens is 1. The number of hydrogen-bond donors (Lipinski definition) is 4. The van der Waals surface area contributed by atoms with Crippen LogP contribution in [0.3, 0.4) is 0 Å². The van der Waals surface area contributed by atoms with Crippen molar-refractivity contribution in [3.8, 4) is 5.75 Å². The van der Waals surface area contributed by atoms with Crippen molar-refractivity contribution < 1.29 is 19.2 Å². The number of rotatable bonds is 7. The third-order valence-electron chi connectivity index (χ3n) is 3.96. The van der Waals surface area contributed by atoms with Gasteiger partial charge in [-0.05, 0) is 30.8 Å². The molecule has 0 spiro atoms. The molecule has 1 aromatic rings. The molecule has 0 bridgehead atoms. The number of thiocarbonyl (C=S) groups is 1. The standard InChI is InChI=1S/C17H26N4O3S/c1-14-5-2-3-6-15(14)24-13-16(22)19-20-17(25)18-7-4-8-21-9-11-23-12-10-21/h2-3,5-6H,4,7-13H2,1H3,(H,19,22)(H2,18,20,25)/p+1. The Hall–Kier alpha value is -1.90. The van der Waals surface area contributed by atoms with E-state index < -0.39 is 0 Å². The molecular weight excluding hydrogens is 340 g/mol. The Labute approximate surface area is 154 Å². The highest BCUT2D eigenvalue weighted by Crippen LogP contribution is 2.15. The Bertz CT molecular complexity index is 565. The van der Waals surface area contributed by atoms with Gasteiger partial charge in [0.25, 0.3) is 5.91 Å². The van der Waals surface area contributed by atoms with E-state index in [4.69, 9.17) is 21.7 Å². The Morgan fingerprint density at radius 3 is 2.80 bits per heavy atom. The quantitative estimate of drug-likeness (QED) is 0.287. The molecule has 138 valence electrons. The summed E-state index contributed by atoms with van der Waals surface area (Å²) in [7, 11) is 0. The van der Waals surface area contributed by atoms with Crippen molar-refractivity contribution in [1.82, 2.24) is 16.2 Å². The van der Waals surface area contributed by atoms with Gasteiger partial charge in [0.1, 0.15) is 18.8 Å². The van der Waals surface area contributed by atoms with E-state index in [1.54, 1.807) is 4.90 Å². The summed E-state index contributed by atoms with van der Waals surface area (Å²) in [4.78, 5) is 13.3. The van der Waals surface area contributed by atoms with Crippen molar-refractivity contribution in [2.75, 3.05) is 46.0 Å². The third kappa shape index (κ3) is 7.68. The zero-order chi connectivity index (χ0) is 17.9. The van der Waals surface area contributed by atoms with Crippen LogP contribution < -0.4 is 25.8 Å². The number of amides is 1. The number of ether oxygens (including phenoxy) is 2. The molecule has 1 amide bonds. The SMILES string of the molecule is Cc1ccccc1OCC(=O)NNC(=S)NCCC[NH+]1CCOCC1. The van der Waals surface area contributed by atoms with Gasteiger partial charge in [-0.25, -0.2) is 0 Å². The summed E-state index contributed by atoms with van der Waals surface area (Å²) >= 11 is 5.14. The van der Waals surface area contributed by atoms with E-state index in [-0.39, 0.29) is 12.5 Å². The molecule has 1 aliphatic heterocycles. The molecule has 1 aromatic carbocycles. The first-order valence-electron chi connectivity index (χ1n) is 8.57. The number of carbonyl (C=O) groups excluding carboxylic acids is 1. The molecule has 1 heterocycles. The van der Waals surface area contributed by atoms with Crippen LogP contribution in [0.4, 0.5) is 0 Å². The predicted octanol–water partition coefficient (Wildman–Crippen LogP) is -0.826. The van der Waals surface area contributed by atoms with Gasteiger partial charge in [0.2, 0.25) is 0 Å². The average molecular weight is 367 g/mol. The van der Waals surface area contributed by atoms with Gasteiger partial charge >= 0.3 is 0 Å². The topological polar surface area (TPSA) is 76.1 Å². The maximum atomic E-state index is 11.8. The van der Waals surface area contributed by atoms with Crippen molar-refractivity contribution in [1.29, 1.82) is 0 Å². The normalized spacial score (nSPS) is 14.6. The Morgan fingerprint density at radius 2 is 2.04 bits per heavy atom. The molecule has 1 saturated heterocycles. The van der Waals surface area contributed by atoms with E-state index in [9.17, 15) is 4.79 Å². The number of carbonyl (C=O) groups is 1. The van der Waals surface area contributed by atoms with E-state index in [1.807, 2.05) is 31.2 Å². The van der Waals surface area contributed by atoms with Crippen LogP contribution >= 0.6 is 12.2 Å². The van der Waals surface area contributed by atoms with Crippen LogP contribution in [0.2, 0.25) is 0 Å². The molecule has 8 heteroatoms. The van der Waals surface area contributed by atoms with Crippen molar-refractivity contribution in [3.63, 3.8) is 0 Å². The first-order valence-corrected chi connectivity index (χ1v) is 8.98. The van der Waals surface area contributed by atoms with E-state index in [0.29, 0.717) is 10.9 Å². The number of nitrogens with one attached hydrogen (secondary N) is 4. The zero-order valence-corrected chi connectivity index (χ0v) is 15.4. The van der Waals surface area contributed by atoms with Gasteiger partial charge in [-0.1, -0.05) is 18.2 Å². The zero-order valence-electron chi connectivity index (χ0n) is 14.6. The molecule has 2 rings (SSSR count). The fraction of sp³-hybridized carbons (Fsp3) is 0.529. The molecule has 0 aromatic heterocycles. The second-order valence-corrected chi connectivity index (χ2v) is 6.36. The molecule has 0 aliphatic carbocycles. The summed E-state index contributed by atoms with van der Waals surface area (Å²) in [6, 6.07) is 7.56. The van der Waals surface area contributed by atoms with Crippen LogP contribution in [0.25, 0.3) is 0 Å². The molecule has 0 unspecified atom stereocenters. The molecule has 25 heavy (non-hydrogen) atoms. The Balaban J connectivity index is 1.52. The summed E-state index contributed by atoms with van der Waals surface area (Å²) in [5.41, 5.74) is 6.20. The lowest BCUT2D eigenvalue weighted by Gasteiger charge is -2.23. The van der Waals surface area contributed by atoms with E-state index >= 15 is 0 Å². The summed E-state index contributed by atoms with van der Waals surface area (Å²) in [6.45, 7) is 7.56. The number of para-hydroxylation sites is 1. The molecule has 1 aliphatic rings. The van der Waals surface area contributed by atoms with Crippen LogP contribution in [-0.4, -0.2) is 57.0 Å². The summed E-state index contributed by atoms with van der Waals surface area (Å²) in [6.07, 6.45) is 1.02.